The van der Waals surface area contributed by atoms with Crippen LogP contribution in [-0.2, 0) is 22.4 Å². The molecule has 1 heterocycles. The van der Waals surface area contributed by atoms with Gasteiger partial charge in [-0.1, -0.05) is 26.2 Å². The number of aromatic amines is 1. The van der Waals surface area contributed by atoms with E-state index in [1.54, 1.807) is 0 Å². The molecule has 96 valence electrons. The summed E-state index contributed by atoms with van der Waals surface area (Å²) < 4.78 is 4.95. The number of aryl methyl sites for hydroxylation is 1. The predicted molar refractivity (Wildman–Crippen MR) is 69.0 cm³/mol. The van der Waals surface area contributed by atoms with Gasteiger partial charge in [-0.3, -0.25) is 4.79 Å². The minimum Gasteiger partial charge on any atom is -0.466 e. The maximum Gasteiger partial charge on any atom is 0.311 e. The highest BCUT2D eigenvalue weighted by Gasteiger charge is 2.09. The number of unbranched alkanes of at least 4 members (excludes halogenated alkanes) is 3. The number of H-pyrrole nitrogens is 1. The maximum absolute atomic E-state index is 11.4. The van der Waals surface area contributed by atoms with Crippen LogP contribution in [0.1, 0.15) is 50.8 Å². The second kappa shape index (κ2) is 7.93. The zero-order chi connectivity index (χ0) is 12.5. The van der Waals surface area contributed by atoms with E-state index in [1.807, 2.05) is 13.1 Å². The van der Waals surface area contributed by atoms with Crippen LogP contribution in [0.15, 0.2) is 12.3 Å². The van der Waals surface area contributed by atoms with Gasteiger partial charge in [0.2, 0.25) is 0 Å². The number of hydrogen-bond donors (Lipinski definition) is 1. The molecule has 0 aromatic carbocycles. The molecule has 0 saturated heterocycles. The van der Waals surface area contributed by atoms with Gasteiger partial charge in [0, 0.05) is 11.9 Å². The highest BCUT2D eigenvalue weighted by molar-refractivity contribution is 5.72. The van der Waals surface area contributed by atoms with Crippen molar-refractivity contribution in [3.05, 3.63) is 23.5 Å². The fraction of sp³-hybridized carbons (Fsp3) is 0.643. The summed E-state index contributed by atoms with van der Waals surface area (Å²) in [4.78, 5) is 14.5. The van der Waals surface area contributed by atoms with Gasteiger partial charge in [-0.2, -0.15) is 0 Å². The van der Waals surface area contributed by atoms with Crippen LogP contribution in [0.3, 0.4) is 0 Å². The van der Waals surface area contributed by atoms with E-state index in [-0.39, 0.29) is 5.97 Å². The molecule has 17 heavy (non-hydrogen) atoms. The molecule has 0 atom stereocenters. The highest BCUT2D eigenvalue weighted by Crippen LogP contribution is 2.13. The third-order valence-electron chi connectivity index (χ3n) is 2.86. The van der Waals surface area contributed by atoms with Gasteiger partial charge >= 0.3 is 5.97 Å². The molecule has 3 nitrogen and oxygen atoms in total. The van der Waals surface area contributed by atoms with Gasteiger partial charge in [0.15, 0.2) is 0 Å². The number of ether oxygens (including phenoxy) is 1. The summed E-state index contributed by atoms with van der Waals surface area (Å²) in [6.07, 6.45) is 8.33. The minimum atomic E-state index is -0.148. The van der Waals surface area contributed by atoms with Crippen molar-refractivity contribution in [2.24, 2.45) is 0 Å². The number of carbonyl (C=O) groups is 1. The van der Waals surface area contributed by atoms with Crippen molar-refractivity contribution in [1.29, 1.82) is 0 Å². The first-order valence-electron chi connectivity index (χ1n) is 6.58. The van der Waals surface area contributed by atoms with Crippen molar-refractivity contribution >= 4 is 5.97 Å². The summed E-state index contributed by atoms with van der Waals surface area (Å²) >= 11 is 0. The van der Waals surface area contributed by atoms with E-state index in [2.05, 4.69) is 18.0 Å². The lowest BCUT2D eigenvalue weighted by atomic mass is 10.1. The molecule has 0 amide bonds. The lowest BCUT2D eigenvalue weighted by molar-refractivity contribution is -0.142. The Morgan fingerprint density at radius 1 is 1.29 bits per heavy atom. The van der Waals surface area contributed by atoms with Crippen molar-refractivity contribution in [3.63, 3.8) is 0 Å². The molecule has 0 aliphatic heterocycles. The van der Waals surface area contributed by atoms with Gasteiger partial charge in [-0.25, -0.2) is 0 Å². The molecule has 0 radical (unpaired) electrons. The number of rotatable bonds is 8. The average Bonchev–Trinajstić information content (AvgIpc) is 2.72. The second-order valence-corrected chi connectivity index (χ2v) is 4.27. The molecule has 0 spiro atoms. The Morgan fingerprint density at radius 3 is 2.82 bits per heavy atom. The lowest BCUT2D eigenvalue weighted by Gasteiger charge is -2.04. The van der Waals surface area contributed by atoms with Gasteiger partial charge in [-0.05, 0) is 31.4 Å². The Balaban J connectivity index is 2.39. The lowest BCUT2D eigenvalue weighted by Crippen LogP contribution is -2.09. The first-order valence-corrected chi connectivity index (χ1v) is 6.58. The summed E-state index contributed by atoms with van der Waals surface area (Å²) in [6, 6.07) is 2.07. The highest BCUT2D eigenvalue weighted by atomic mass is 16.5. The minimum absolute atomic E-state index is 0.148. The Morgan fingerprint density at radius 2 is 2.12 bits per heavy atom. The first kappa shape index (κ1) is 13.8. The molecule has 1 N–H and O–H groups in total. The Labute approximate surface area is 104 Å². The monoisotopic (exact) mass is 237 g/mol. The van der Waals surface area contributed by atoms with Gasteiger partial charge in [0.1, 0.15) is 0 Å². The summed E-state index contributed by atoms with van der Waals surface area (Å²) in [7, 11) is 0. The van der Waals surface area contributed by atoms with Crippen molar-refractivity contribution < 1.29 is 9.53 Å². The van der Waals surface area contributed by atoms with E-state index in [0.717, 1.165) is 12.1 Å². The molecule has 0 fully saturated rings. The number of esters is 1. The summed E-state index contributed by atoms with van der Waals surface area (Å²) in [6.45, 7) is 4.49. The zero-order valence-corrected chi connectivity index (χ0v) is 10.9. The number of carbonyl (C=O) groups excluding carboxylic acids is 1. The summed E-state index contributed by atoms with van der Waals surface area (Å²) in [5, 5.41) is 0. The van der Waals surface area contributed by atoms with E-state index in [1.165, 1.54) is 31.2 Å². The third-order valence-corrected chi connectivity index (χ3v) is 2.86. The van der Waals surface area contributed by atoms with Gasteiger partial charge < -0.3 is 9.72 Å². The molecular formula is C14H23NO2. The van der Waals surface area contributed by atoms with Crippen LogP contribution in [0.4, 0.5) is 0 Å². The van der Waals surface area contributed by atoms with Crippen LogP contribution in [0.25, 0.3) is 0 Å². The summed E-state index contributed by atoms with van der Waals surface area (Å²) in [5.41, 5.74) is 2.27. The Bertz CT molecular complexity index is 331. The molecule has 0 saturated carbocycles. The molecule has 0 aliphatic rings. The molecule has 0 unspecified atom stereocenters. The van der Waals surface area contributed by atoms with Crippen molar-refractivity contribution in [2.75, 3.05) is 6.61 Å². The van der Waals surface area contributed by atoms with Gasteiger partial charge in [0.25, 0.3) is 0 Å². The van der Waals surface area contributed by atoms with Crippen molar-refractivity contribution in [1.82, 2.24) is 4.98 Å². The second-order valence-electron chi connectivity index (χ2n) is 4.27. The van der Waals surface area contributed by atoms with Gasteiger partial charge in [-0.15, -0.1) is 0 Å². The Kier molecular flexibility index (Phi) is 6.45. The number of aromatic nitrogens is 1. The van der Waals surface area contributed by atoms with Gasteiger partial charge in [0.05, 0.1) is 13.0 Å². The average molecular weight is 237 g/mol. The molecule has 1 aromatic rings. The molecule has 1 rings (SSSR count). The summed E-state index contributed by atoms with van der Waals surface area (Å²) in [5.74, 6) is -0.148. The molecule has 0 aliphatic carbocycles. The molecule has 1 aromatic heterocycles. The van der Waals surface area contributed by atoms with E-state index < -0.39 is 0 Å². The quantitative estimate of drug-likeness (QED) is 0.557. The third kappa shape index (κ3) is 5.07. The number of hydrogen-bond acceptors (Lipinski definition) is 2. The van der Waals surface area contributed by atoms with E-state index in [0.29, 0.717) is 13.0 Å². The molecule has 3 heteroatoms. The SMILES string of the molecule is CCCCCCc1cc[nH]c1CC(=O)OCC. The van der Waals surface area contributed by atoms with E-state index in [4.69, 9.17) is 4.74 Å². The largest absolute Gasteiger partial charge is 0.466 e. The van der Waals surface area contributed by atoms with Crippen LogP contribution < -0.4 is 0 Å². The Hall–Kier alpha value is -1.25. The van der Waals surface area contributed by atoms with Crippen LogP contribution in [0.2, 0.25) is 0 Å². The topological polar surface area (TPSA) is 42.1 Å². The van der Waals surface area contributed by atoms with Crippen LogP contribution in [0, 0.1) is 0 Å². The van der Waals surface area contributed by atoms with E-state index in [9.17, 15) is 4.79 Å². The standard InChI is InChI=1S/C14H23NO2/c1-3-5-6-7-8-12-9-10-15-13(12)11-14(16)17-4-2/h9-10,15H,3-8,11H2,1-2H3. The fourth-order valence-corrected chi connectivity index (χ4v) is 1.93. The van der Waals surface area contributed by atoms with Crippen LogP contribution in [-0.4, -0.2) is 17.6 Å². The van der Waals surface area contributed by atoms with Crippen LogP contribution in [0.5, 0.6) is 0 Å². The number of nitrogens with one attached hydrogen (secondary N) is 1. The molecular weight excluding hydrogens is 214 g/mol. The fourth-order valence-electron chi connectivity index (χ4n) is 1.93. The maximum atomic E-state index is 11.4. The zero-order valence-electron chi connectivity index (χ0n) is 10.9. The normalized spacial score (nSPS) is 10.5. The smallest absolute Gasteiger partial charge is 0.311 e. The first-order chi connectivity index (χ1) is 8.27. The van der Waals surface area contributed by atoms with Crippen molar-refractivity contribution in [2.45, 2.75) is 52.4 Å². The predicted octanol–water partition coefficient (Wildman–Crippen LogP) is 3.24. The van der Waals surface area contributed by atoms with Crippen molar-refractivity contribution in [3.8, 4) is 0 Å². The van der Waals surface area contributed by atoms with Crippen LogP contribution >= 0.6 is 0 Å². The van der Waals surface area contributed by atoms with E-state index >= 15 is 0 Å². The molecule has 0 bridgehead atoms.